The van der Waals surface area contributed by atoms with Crippen molar-refractivity contribution in [2.75, 3.05) is 0 Å². The van der Waals surface area contributed by atoms with Crippen LogP contribution in [0.1, 0.15) is 20.8 Å². The molecule has 0 saturated carbocycles. The second-order valence-corrected chi connectivity index (χ2v) is 2.56. The molecule has 3 heteroatoms. The van der Waals surface area contributed by atoms with Crippen molar-refractivity contribution in [3.05, 3.63) is 0 Å². The predicted molar refractivity (Wildman–Crippen MR) is 27.1 cm³/mol. The van der Waals surface area contributed by atoms with E-state index in [1.807, 2.05) is 0 Å². The first-order chi connectivity index (χ1) is 2.94. The SMILES string of the molecule is CC(C)(C)C(=O)O.[Yb]. The van der Waals surface area contributed by atoms with Gasteiger partial charge in [-0.15, -0.1) is 0 Å². The monoisotopic (exact) mass is 276 g/mol. The number of carbonyl (C=O) groups is 1. The molecule has 0 amide bonds. The fraction of sp³-hybridized carbons (Fsp3) is 0.800. The van der Waals surface area contributed by atoms with E-state index in [9.17, 15) is 4.79 Å². The minimum Gasteiger partial charge on any atom is -0.481 e. The Morgan fingerprint density at radius 1 is 1.38 bits per heavy atom. The summed E-state index contributed by atoms with van der Waals surface area (Å²) < 4.78 is 0. The Morgan fingerprint density at radius 2 is 1.50 bits per heavy atom. The van der Waals surface area contributed by atoms with E-state index in [2.05, 4.69) is 0 Å². The first-order valence-electron chi connectivity index (χ1n) is 2.18. The first-order valence-corrected chi connectivity index (χ1v) is 2.18. The molecular weight excluding hydrogens is 265 g/mol. The zero-order chi connectivity index (χ0) is 6.08. The van der Waals surface area contributed by atoms with Crippen LogP contribution in [0.4, 0.5) is 0 Å². The van der Waals surface area contributed by atoms with Crippen LogP contribution >= 0.6 is 0 Å². The summed E-state index contributed by atoms with van der Waals surface area (Å²) >= 11 is 0. The number of hydrogen-bond donors (Lipinski definition) is 1. The van der Waals surface area contributed by atoms with Crippen LogP contribution in [-0.4, -0.2) is 11.1 Å². The van der Waals surface area contributed by atoms with Crippen LogP contribution in [0.3, 0.4) is 0 Å². The zero-order valence-electron chi connectivity index (χ0n) is 5.12. The Balaban J connectivity index is 0. The summed E-state index contributed by atoms with van der Waals surface area (Å²) in [6.45, 7) is 4.99. The van der Waals surface area contributed by atoms with E-state index in [0.717, 1.165) is 0 Å². The summed E-state index contributed by atoms with van der Waals surface area (Å²) in [6, 6.07) is 0. The molecule has 0 aliphatic carbocycles. The Morgan fingerprint density at radius 3 is 1.50 bits per heavy atom. The normalized spacial score (nSPS) is 9.88. The van der Waals surface area contributed by atoms with Crippen molar-refractivity contribution in [1.82, 2.24) is 0 Å². The van der Waals surface area contributed by atoms with Crippen LogP contribution in [0.5, 0.6) is 0 Å². The molecule has 0 spiro atoms. The number of carboxylic acid groups (broad SMARTS) is 1. The third kappa shape index (κ3) is 5.13. The fourth-order valence-electron chi connectivity index (χ4n) is 0. The van der Waals surface area contributed by atoms with Gasteiger partial charge in [-0.3, -0.25) is 4.79 Å². The summed E-state index contributed by atoms with van der Waals surface area (Å²) in [5.41, 5.74) is -0.583. The maximum Gasteiger partial charge on any atom is 0.308 e. The number of aliphatic carboxylic acids is 1. The molecule has 0 rings (SSSR count). The van der Waals surface area contributed by atoms with Gasteiger partial charge < -0.3 is 5.11 Å². The van der Waals surface area contributed by atoms with Crippen molar-refractivity contribution in [1.29, 1.82) is 0 Å². The maximum absolute atomic E-state index is 10.0. The Kier molecular flexibility index (Phi) is 5.74. The van der Waals surface area contributed by atoms with E-state index in [1.165, 1.54) is 0 Å². The summed E-state index contributed by atoms with van der Waals surface area (Å²) in [5.74, 6) is -0.757. The smallest absolute Gasteiger partial charge is 0.308 e. The molecule has 0 heterocycles. The van der Waals surface area contributed by atoms with Crippen LogP contribution < -0.4 is 0 Å². The minimum atomic E-state index is -0.757. The molecule has 0 bridgehead atoms. The Hall–Kier alpha value is 0.989. The van der Waals surface area contributed by atoms with Crippen molar-refractivity contribution < 1.29 is 56.8 Å². The average molecular weight is 275 g/mol. The molecule has 0 aromatic rings. The van der Waals surface area contributed by atoms with Gasteiger partial charge in [-0.25, -0.2) is 0 Å². The third-order valence-electron chi connectivity index (χ3n) is 0.642. The summed E-state index contributed by atoms with van der Waals surface area (Å²) in [6.07, 6.45) is 0. The summed E-state index contributed by atoms with van der Waals surface area (Å²) in [4.78, 5) is 10.0. The maximum atomic E-state index is 10.0. The molecule has 1 N–H and O–H groups in total. The van der Waals surface area contributed by atoms with Crippen molar-refractivity contribution in [3.8, 4) is 0 Å². The van der Waals surface area contributed by atoms with E-state index >= 15 is 0 Å². The molecule has 0 saturated heterocycles. The molecule has 8 heavy (non-hydrogen) atoms. The summed E-state index contributed by atoms with van der Waals surface area (Å²) in [7, 11) is 0. The largest absolute Gasteiger partial charge is 0.481 e. The first kappa shape index (κ1) is 11.7. The van der Waals surface area contributed by atoms with Gasteiger partial charge in [0.1, 0.15) is 0 Å². The molecule has 0 unspecified atom stereocenters. The van der Waals surface area contributed by atoms with E-state index in [0.29, 0.717) is 0 Å². The van der Waals surface area contributed by atoms with Crippen LogP contribution in [0.25, 0.3) is 0 Å². The van der Waals surface area contributed by atoms with Gasteiger partial charge in [-0.05, 0) is 20.8 Å². The average Bonchev–Trinajstić information content (AvgIpc) is 1.31. The minimum absolute atomic E-state index is 0. The Labute approximate surface area is 87.9 Å². The van der Waals surface area contributed by atoms with Gasteiger partial charge in [0.05, 0.1) is 5.41 Å². The van der Waals surface area contributed by atoms with Gasteiger partial charge in [0.2, 0.25) is 0 Å². The molecule has 0 aliphatic heterocycles. The van der Waals surface area contributed by atoms with Crippen LogP contribution in [0.2, 0.25) is 0 Å². The second-order valence-electron chi connectivity index (χ2n) is 2.56. The number of carboxylic acids is 1. The molecule has 0 radical (unpaired) electrons. The summed E-state index contributed by atoms with van der Waals surface area (Å²) in [5, 5.41) is 8.25. The molecule has 56 valence electrons. The van der Waals surface area contributed by atoms with Crippen molar-refractivity contribution in [2.24, 2.45) is 5.41 Å². The molecule has 2 nitrogen and oxygen atoms in total. The van der Waals surface area contributed by atoms with Gasteiger partial charge in [0.15, 0.2) is 0 Å². The van der Waals surface area contributed by atoms with E-state index in [1.54, 1.807) is 20.8 Å². The predicted octanol–water partition coefficient (Wildman–Crippen LogP) is 1.12. The Bertz CT molecular complexity index is 82.9. The van der Waals surface area contributed by atoms with Gasteiger partial charge in [-0.1, -0.05) is 0 Å². The number of hydrogen-bond acceptors (Lipinski definition) is 1. The van der Waals surface area contributed by atoms with E-state index < -0.39 is 11.4 Å². The van der Waals surface area contributed by atoms with Gasteiger partial charge in [-0.2, -0.15) is 0 Å². The quantitative estimate of drug-likeness (QED) is 0.719. The molecular formula is C5H10O2Yb. The number of rotatable bonds is 0. The standard InChI is InChI=1S/C5H10O2.Yb/c1-5(2,3)4(6)7;/h1-3H3,(H,6,7);. The second kappa shape index (κ2) is 3.91. The van der Waals surface area contributed by atoms with Crippen molar-refractivity contribution in [3.63, 3.8) is 0 Å². The van der Waals surface area contributed by atoms with Gasteiger partial charge in [0, 0.05) is 46.9 Å². The fourth-order valence-corrected chi connectivity index (χ4v) is 0. The molecule has 0 atom stereocenters. The molecule has 0 aliphatic rings. The third-order valence-corrected chi connectivity index (χ3v) is 0.642. The van der Waals surface area contributed by atoms with Gasteiger partial charge in [0.25, 0.3) is 0 Å². The molecule has 0 aromatic heterocycles. The van der Waals surface area contributed by atoms with E-state index in [-0.39, 0.29) is 46.9 Å². The van der Waals surface area contributed by atoms with Crippen LogP contribution in [0.15, 0.2) is 0 Å². The van der Waals surface area contributed by atoms with Crippen LogP contribution in [-0.2, 0) is 4.79 Å². The molecule has 0 fully saturated rings. The van der Waals surface area contributed by atoms with Gasteiger partial charge >= 0.3 is 5.97 Å². The van der Waals surface area contributed by atoms with Crippen molar-refractivity contribution >= 4 is 5.97 Å². The van der Waals surface area contributed by atoms with Crippen LogP contribution in [0, 0.1) is 52.3 Å². The van der Waals surface area contributed by atoms with E-state index in [4.69, 9.17) is 5.11 Å². The zero-order valence-corrected chi connectivity index (χ0v) is 6.84. The topological polar surface area (TPSA) is 37.3 Å². The molecule has 0 aromatic carbocycles. The van der Waals surface area contributed by atoms with Crippen molar-refractivity contribution in [2.45, 2.75) is 20.8 Å².